The number of carbonyl (C=O) groups is 1. The smallest absolute Gasteiger partial charge is 0.225 e. The predicted octanol–water partition coefficient (Wildman–Crippen LogP) is 2.02. The Balaban J connectivity index is 2.46. The van der Waals surface area contributed by atoms with Crippen LogP contribution >= 0.6 is 0 Å². The summed E-state index contributed by atoms with van der Waals surface area (Å²) in [5.41, 5.74) is 0.557. The molecule has 7 heteroatoms. The van der Waals surface area contributed by atoms with Gasteiger partial charge in [0, 0.05) is 31.1 Å². The van der Waals surface area contributed by atoms with Gasteiger partial charge in [0.1, 0.15) is 6.54 Å². The van der Waals surface area contributed by atoms with Crippen LogP contribution in [0.4, 0.5) is 0 Å². The molecule has 0 aliphatic heterocycles. The van der Waals surface area contributed by atoms with E-state index in [0.29, 0.717) is 31.5 Å². The molecule has 1 aromatic heterocycles. The standard InChI is InChI=1S/C17H31N5O2/c1-7-18-16(20-9-8-19-15(23)17(4,5)6)21-11-13-10-14(12(2)3)22-24-13/h10,12H,7-9,11H2,1-6H3,(H,19,23)(H2,18,20,21). The van der Waals surface area contributed by atoms with Gasteiger partial charge in [-0.05, 0) is 12.8 Å². The van der Waals surface area contributed by atoms with Gasteiger partial charge in [-0.3, -0.25) is 4.79 Å². The molecule has 0 bridgehead atoms. The highest BCUT2D eigenvalue weighted by Crippen LogP contribution is 2.14. The number of hydrogen-bond acceptors (Lipinski definition) is 4. The fourth-order valence-electron chi connectivity index (χ4n) is 1.80. The van der Waals surface area contributed by atoms with Crippen LogP contribution in [0.5, 0.6) is 0 Å². The second-order valence-corrected chi connectivity index (χ2v) is 7.00. The van der Waals surface area contributed by atoms with Gasteiger partial charge in [0.2, 0.25) is 5.91 Å². The van der Waals surface area contributed by atoms with Crippen LogP contribution < -0.4 is 16.0 Å². The lowest BCUT2D eigenvalue weighted by molar-refractivity contribution is -0.128. The molecule has 0 aliphatic rings. The van der Waals surface area contributed by atoms with Crippen LogP contribution in [0.3, 0.4) is 0 Å². The summed E-state index contributed by atoms with van der Waals surface area (Å²) < 4.78 is 5.28. The highest BCUT2D eigenvalue weighted by molar-refractivity contribution is 5.81. The van der Waals surface area contributed by atoms with Crippen molar-refractivity contribution < 1.29 is 9.32 Å². The molecule has 7 nitrogen and oxygen atoms in total. The molecule has 0 aromatic carbocycles. The second-order valence-electron chi connectivity index (χ2n) is 7.00. The van der Waals surface area contributed by atoms with E-state index in [1.165, 1.54) is 0 Å². The van der Waals surface area contributed by atoms with Gasteiger partial charge in [-0.15, -0.1) is 0 Å². The van der Waals surface area contributed by atoms with Crippen molar-refractivity contribution >= 4 is 11.9 Å². The van der Waals surface area contributed by atoms with Crippen molar-refractivity contribution in [2.45, 2.75) is 54.0 Å². The molecule has 0 atom stereocenters. The lowest BCUT2D eigenvalue weighted by Gasteiger charge is -2.18. The lowest BCUT2D eigenvalue weighted by Crippen LogP contribution is -2.43. The highest BCUT2D eigenvalue weighted by Gasteiger charge is 2.20. The molecule has 0 fully saturated rings. The molecular formula is C17H31N5O2. The number of aliphatic imine (C=N–C) groups is 1. The summed E-state index contributed by atoms with van der Waals surface area (Å²) in [4.78, 5) is 16.3. The minimum Gasteiger partial charge on any atom is -0.359 e. The summed E-state index contributed by atoms with van der Waals surface area (Å²) >= 11 is 0. The minimum absolute atomic E-state index is 0.0362. The average Bonchev–Trinajstić information content (AvgIpc) is 2.97. The van der Waals surface area contributed by atoms with Crippen LogP contribution in [-0.4, -0.2) is 36.7 Å². The van der Waals surface area contributed by atoms with Crippen LogP contribution in [0.1, 0.15) is 58.9 Å². The molecular weight excluding hydrogens is 306 g/mol. The Morgan fingerprint density at radius 3 is 2.46 bits per heavy atom. The Morgan fingerprint density at radius 1 is 1.25 bits per heavy atom. The van der Waals surface area contributed by atoms with Crippen LogP contribution in [0, 0.1) is 5.41 Å². The first-order valence-electron chi connectivity index (χ1n) is 8.50. The number of carbonyl (C=O) groups excluding carboxylic acids is 1. The highest BCUT2D eigenvalue weighted by atomic mass is 16.5. The number of nitrogens with zero attached hydrogens (tertiary/aromatic N) is 2. The monoisotopic (exact) mass is 337 g/mol. The maximum atomic E-state index is 11.8. The SMILES string of the molecule is CCNC(=NCc1cc(C(C)C)no1)NCCNC(=O)C(C)(C)C. The van der Waals surface area contributed by atoms with Gasteiger partial charge in [0.25, 0.3) is 0 Å². The zero-order valence-corrected chi connectivity index (χ0v) is 15.7. The first-order valence-corrected chi connectivity index (χ1v) is 8.50. The lowest BCUT2D eigenvalue weighted by atomic mass is 9.96. The molecule has 1 heterocycles. The summed E-state index contributed by atoms with van der Waals surface area (Å²) in [6.45, 7) is 14.1. The molecule has 24 heavy (non-hydrogen) atoms. The summed E-state index contributed by atoms with van der Waals surface area (Å²) in [5, 5.41) is 13.3. The third-order valence-electron chi connectivity index (χ3n) is 3.29. The topological polar surface area (TPSA) is 91.6 Å². The number of aromatic nitrogens is 1. The maximum Gasteiger partial charge on any atom is 0.225 e. The molecule has 0 saturated carbocycles. The van der Waals surface area contributed by atoms with E-state index in [2.05, 4.69) is 39.9 Å². The van der Waals surface area contributed by atoms with E-state index < -0.39 is 0 Å². The molecule has 1 rings (SSSR count). The first kappa shape index (κ1) is 20.0. The quantitative estimate of drug-likeness (QED) is 0.402. The Hall–Kier alpha value is -2.05. The van der Waals surface area contributed by atoms with E-state index in [4.69, 9.17) is 4.52 Å². The van der Waals surface area contributed by atoms with Crippen molar-refractivity contribution in [1.29, 1.82) is 0 Å². The van der Waals surface area contributed by atoms with Crippen molar-refractivity contribution in [3.8, 4) is 0 Å². The van der Waals surface area contributed by atoms with Crippen molar-refractivity contribution in [1.82, 2.24) is 21.1 Å². The zero-order chi connectivity index (χ0) is 18.2. The van der Waals surface area contributed by atoms with Gasteiger partial charge >= 0.3 is 0 Å². The van der Waals surface area contributed by atoms with E-state index >= 15 is 0 Å². The van der Waals surface area contributed by atoms with Gasteiger partial charge in [0.15, 0.2) is 11.7 Å². The number of guanidine groups is 1. The molecule has 0 radical (unpaired) electrons. The van der Waals surface area contributed by atoms with Gasteiger partial charge in [-0.25, -0.2) is 4.99 Å². The fourth-order valence-corrected chi connectivity index (χ4v) is 1.80. The van der Waals surface area contributed by atoms with Crippen molar-refractivity contribution in [2.75, 3.05) is 19.6 Å². The molecule has 136 valence electrons. The van der Waals surface area contributed by atoms with E-state index in [9.17, 15) is 4.79 Å². The molecule has 1 amide bonds. The van der Waals surface area contributed by atoms with Crippen LogP contribution in [0.2, 0.25) is 0 Å². The van der Waals surface area contributed by atoms with Gasteiger partial charge in [0.05, 0.1) is 5.69 Å². The molecule has 0 spiro atoms. The van der Waals surface area contributed by atoms with Crippen molar-refractivity contribution in [3.63, 3.8) is 0 Å². The molecule has 0 aliphatic carbocycles. The van der Waals surface area contributed by atoms with Crippen LogP contribution in [0.25, 0.3) is 0 Å². The Labute approximate surface area is 144 Å². The maximum absolute atomic E-state index is 11.8. The molecule has 0 saturated heterocycles. The Morgan fingerprint density at radius 2 is 1.92 bits per heavy atom. The first-order chi connectivity index (χ1) is 11.2. The molecule has 0 unspecified atom stereocenters. The van der Waals surface area contributed by atoms with Crippen LogP contribution in [-0.2, 0) is 11.3 Å². The Kier molecular flexibility index (Phi) is 7.74. The fraction of sp³-hybridized carbons (Fsp3) is 0.706. The van der Waals surface area contributed by atoms with E-state index in [1.807, 2.05) is 33.8 Å². The van der Waals surface area contributed by atoms with Gasteiger partial charge < -0.3 is 20.5 Å². The number of rotatable bonds is 7. The van der Waals surface area contributed by atoms with E-state index in [0.717, 1.165) is 18.0 Å². The van der Waals surface area contributed by atoms with Crippen molar-refractivity contribution in [2.24, 2.45) is 10.4 Å². The summed E-state index contributed by atoms with van der Waals surface area (Å²) in [6.07, 6.45) is 0. The van der Waals surface area contributed by atoms with Crippen molar-refractivity contribution in [3.05, 3.63) is 17.5 Å². The summed E-state index contributed by atoms with van der Waals surface area (Å²) in [6, 6.07) is 1.93. The van der Waals surface area contributed by atoms with E-state index in [1.54, 1.807) is 0 Å². The number of nitrogens with one attached hydrogen (secondary N) is 3. The van der Waals surface area contributed by atoms with E-state index in [-0.39, 0.29) is 11.3 Å². The third-order valence-corrected chi connectivity index (χ3v) is 3.29. The Bertz CT molecular complexity index is 543. The van der Waals surface area contributed by atoms with Gasteiger partial charge in [-0.1, -0.05) is 39.8 Å². The number of hydrogen-bond donors (Lipinski definition) is 3. The average molecular weight is 337 g/mol. The normalized spacial score (nSPS) is 12.4. The summed E-state index contributed by atoms with van der Waals surface area (Å²) in [7, 11) is 0. The largest absolute Gasteiger partial charge is 0.359 e. The number of amides is 1. The molecule has 3 N–H and O–H groups in total. The van der Waals surface area contributed by atoms with Crippen LogP contribution in [0.15, 0.2) is 15.6 Å². The predicted molar refractivity (Wildman–Crippen MR) is 95.9 cm³/mol. The van der Waals surface area contributed by atoms with Gasteiger partial charge in [-0.2, -0.15) is 0 Å². The zero-order valence-electron chi connectivity index (χ0n) is 15.7. The summed E-state index contributed by atoms with van der Waals surface area (Å²) in [5.74, 6) is 1.79. The third kappa shape index (κ3) is 7.02. The molecule has 1 aromatic rings. The second kappa shape index (κ2) is 9.30. The minimum atomic E-state index is -0.376.